The highest BCUT2D eigenvalue weighted by Crippen LogP contribution is 2.35. The van der Waals surface area contributed by atoms with Crippen LogP contribution in [0.1, 0.15) is 13.8 Å². The van der Waals surface area contributed by atoms with E-state index < -0.39 is 12.1 Å². The van der Waals surface area contributed by atoms with Crippen LogP contribution >= 0.6 is 0 Å². The maximum Gasteiger partial charge on any atom is 0.335 e. The van der Waals surface area contributed by atoms with Gasteiger partial charge in [-0.05, 0) is 5.41 Å². The van der Waals surface area contributed by atoms with Crippen LogP contribution in [0.4, 0.5) is 0 Å². The van der Waals surface area contributed by atoms with Crippen molar-refractivity contribution in [1.82, 2.24) is 0 Å². The molecule has 0 aromatic heterocycles. The summed E-state index contributed by atoms with van der Waals surface area (Å²) in [6.45, 7) is 4.93. The SMILES string of the molecule is COC(=O)C(O)C1COCC1(C)C. The van der Waals surface area contributed by atoms with Crippen LogP contribution in [0.3, 0.4) is 0 Å². The van der Waals surface area contributed by atoms with Gasteiger partial charge >= 0.3 is 5.97 Å². The van der Waals surface area contributed by atoms with Crippen molar-refractivity contribution in [3.05, 3.63) is 0 Å². The molecule has 0 aliphatic carbocycles. The first-order valence-corrected chi connectivity index (χ1v) is 4.32. The van der Waals surface area contributed by atoms with E-state index in [0.29, 0.717) is 13.2 Å². The normalized spacial score (nSPS) is 28.5. The fourth-order valence-corrected chi connectivity index (χ4v) is 1.59. The zero-order valence-electron chi connectivity index (χ0n) is 8.24. The molecule has 1 aliphatic heterocycles. The highest BCUT2D eigenvalue weighted by molar-refractivity contribution is 5.74. The van der Waals surface area contributed by atoms with Gasteiger partial charge in [0.05, 0.1) is 20.3 Å². The van der Waals surface area contributed by atoms with Crippen LogP contribution in [0, 0.1) is 11.3 Å². The third-order valence-electron chi connectivity index (χ3n) is 2.60. The van der Waals surface area contributed by atoms with E-state index in [-0.39, 0.29) is 11.3 Å². The molecule has 0 spiro atoms. The first-order valence-electron chi connectivity index (χ1n) is 4.32. The van der Waals surface area contributed by atoms with Gasteiger partial charge in [0.25, 0.3) is 0 Å². The minimum absolute atomic E-state index is 0.159. The van der Waals surface area contributed by atoms with Crippen molar-refractivity contribution in [1.29, 1.82) is 0 Å². The second-order valence-electron chi connectivity index (χ2n) is 4.08. The van der Waals surface area contributed by atoms with Crippen molar-refractivity contribution in [3.63, 3.8) is 0 Å². The van der Waals surface area contributed by atoms with Crippen molar-refractivity contribution in [3.8, 4) is 0 Å². The zero-order valence-corrected chi connectivity index (χ0v) is 8.24. The Morgan fingerprint density at radius 2 is 2.31 bits per heavy atom. The highest BCUT2D eigenvalue weighted by atomic mass is 16.5. The molecule has 0 bridgehead atoms. The molecule has 1 rings (SSSR count). The van der Waals surface area contributed by atoms with E-state index >= 15 is 0 Å². The number of rotatable bonds is 2. The molecular formula is C9H16O4. The summed E-state index contributed by atoms with van der Waals surface area (Å²) in [5.74, 6) is -0.747. The van der Waals surface area contributed by atoms with Gasteiger partial charge in [0, 0.05) is 5.92 Å². The summed E-state index contributed by atoms with van der Waals surface area (Å²) < 4.78 is 9.69. The topological polar surface area (TPSA) is 55.8 Å². The third kappa shape index (κ3) is 2.00. The second-order valence-corrected chi connectivity index (χ2v) is 4.08. The largest absolute Gasteiger partial charge is 0.467 e. The summed E-state index contributed by atoms with van der Waals surface area (Å²) in [4.78, 5) is 11.1. The molecule has 4 nitrogen and oxygen atoms in total. The fraction of sp³-hybridized carbons (Fsp3) is 0.889. The molecule has 1 fully saturated rings. The van der Waals surface area contributed by atoms with Crippen molar-refractivity contribution in [2.24, 2.45) is 11.3 Å². The summed E-state index contributed by atoms with van der Waals surface area (Å²) in [7, 11) is 1.27. The van der Waals surface area contributed by atoms with Gasteiger partial charge in [0.15, 0.2) is 6.10 Å². The number of esters is 1. The molecule has 1 N–H and O–H groups in total. The minimum atomic E-state index is -1.07. The molecule has 0 amide bonds. The molecule has 1 saturated heterocycles. The maximum atomic E-state index is 11.1. The van der Waals surface area contributed by atoms with Gasteiger partial charge in [-0.2, -0.15) is 0 Å². The predicted molar refractivity (Wildman–Crippen MR) is 46.1 cm³/mol. The number of hydrogen-bond acceptors (Lipinski definition) is 4. The van der Waals surface area contributed by atoms with Crippen LogP contribution < -0.4 is 0 Å². The molecule has 13 heavy (non-hydrogen) atoms. The Balaban J connectivity index is 2.66. The monoisotopic (exact) mass is 188 g/mol. The van der Waals surface area contributed by atoms with E-state index in [2.05, 4.69) is 4.74 Å². The molecule has 2 atom stereocenters. The van der Waals surface area contributed by atoms with Crippen molar-refractivity contribution in [2.45, 2.75) is 20.0 Å². The van der Waals surface area contributed by atoms with E-state index in [4.69, 9.17) is 4.74 Å². The van der Waals surface area contributed by atoms with Gasteiger partial charge in [0.2, 0.25) is 0 Å². The van der Waals surface area contributed by atoms with Gasteiger partial charge in [-0.3, -0.25) is 0 Å². The summed E-state index contributed by atoms with van der Waals surface area (Å²) in [5.41, 5.74) is -0.159. The van der Waals surface area contributed by atoms with E-state index in [1.54, 1.807) is 0 Å². The Morgan fingerprint density at radius 1 is 1.69 bits per heavy atom. The Morgan fingerprint density at radius 3 is 2.69 bits per heavy atom. The average Bonchev–Trinajstić information content (AvgIpc) is 2.42. The van der Waals surface area contributed by atoms with Gasteiger partial charge in [-0.25, -0.2) is 4.79 Å². The molecule has 0 radical (unpaired) electrons. The van der Waals surface area contributed by atoms with Crippen LogP contribution in [0.15, 0.2) is 0 Å². The van der Waals surface area contributed by atoms with E-state index in [0.717, 1.165) is 0 Å². The Hall–Kier alpha value is -0.610. The molecular weight excluding hydrogens is 172 g/mol. The van der Waals surface area contributed by atoms with Crippen molar-refractivity contribution < 1.29 is 19.4 Å². The van der Waals surface area contributed by atoms with E-state index in [1.807, 2.05) is 13.8 Å². The first kappa shape index (κ1) is 10.5. The molecule has 0 aromatic carbocycles. The maximum absolute atomic E-state index is 11.1. The number of hydrogen-bond donors (Lipinski definition) is 1. The Labute approximate surface area is 77.8 Å². The van der Waals surface area contributed by atoms with E-state index in [9.17, 15) is 9.90 Å². The lowest BCUT2D eigenvalue weighted by Crippen LogP contribution is -2.38. The smallest absolute Gasteiger partial charge is 0.335 e. The number of ether oxygens (including phenoxy) is 2. The Bertz CT molecular complexity index is 200. The number of methoxy groups -OCH3 is 1. The number of carbonyl (C=O) groups is 1. The van der Waals surface area contributed by atoms with Crippen LogP contribution in [0.2, 0.25) is 0 Å². The van der Waals surface area contributed by atoms with Crippen LogP contribution in [-0.4, -0.2) is 37.5 Å². The molecule has 0 aromatic rings. The second kappa shape index (κ2) is 3.64. The predicted octanol–water partition coefficient (Wildman–Crippen LogP) is 0.193. The van der Waals surface area contributed by atoms with Gasteiger partial charge < -0.3 is 14.6 Å². The number of aliphatic hydroxyl groups is 1. The standard InChI is InChI=1S/C9H16O4/c1-9(2)5-13-4-6(9)7(10)8(11)12-3/h6-7,10H,4-5H2,1-3H3. The molecule has 1 aliphatic rings. The summed E-state index contributed by atoms with van der Waals surface area (Å²) >= 11 is 0. The van der Waals surface area contributed by atoms with Crippen LogP contribution in [0.25, 0.3) is 0 Å². The van der Waals surface area contributed by atoms with Crippen molar-refractivity contribution >= 4 is 5.97 Å². The summed E-state index contributed by atoms with van der Waals surface area (Å²) in [6, 6.07) is 0. The fourth-order valence-electron chi connectivity index (χ4n) is 1.59. The first-order chi connectivity index (χ1) is 5.99. The quantitative estimate of drug-likeness (QED) is 0.629. The lowest BCUT2D eigenvalue weighted by molar-refractivity contribution is -0.155. The lowest BCUT2D eigenvalue weighted by Gasteiger charge is -2.27. The van der Waals surface area contributed by atoms with Gasteiger partial charge in [0.1, 0.15) is 0 Å². The molecule has 1 heterocycles. The van der Waals surface area contributed by atoms with Crippen LogP contribution in [0.5, 0.6) is 0 Å². The molecule has 2 unspecified atom stereocenters. The summed E-state index contributed by atoms with van der Waals surface area (Å²) in [6.07, 6.45) is -1.07. The average molecular weight is 188 g/mol. The molecule has 76 valence electrons. The zero-order chi connectivity index (χ0) is 10.1. The third-order valence-corrected chi connectivity index (χ3v) is 2.60. The molecule has 0 saturated carbocycles. The van der Waals surface area contributed by atoms with Crippen molar-refractivity contribution in [2.75, 3.05) is 20.3 Å². The molecule has 4 heteroatoms. The number of carbonyl (C=O) groups excluding carboxylic acids is 1. The van der Waals surface area contributed by atoms with E-state index in [1.165, 1.54) is 7.11 Å². The lowest BCUT2D eigenvalue weighted by atomic mass is 9.79. The minimum Gasteiger partial charge on any atom is -0.467 e. The number of aliphatic hydroxyl groups excluding tert-OH is 1. The van der Waals surface area contributed by atoms with Gasteiger partial charge in [-0.1, -0.05) is 13.8 Å². The van der Waals surface area contributed by atoms with Crippen LogP contribution in [-0.2, 0) is 14.3 Å². The highest BCUT2D eigenvalue weighted by Gasteiger charge is 2.43. The Kier molecular flexibility index (Phi) is 2.93. The summed E-state index contributed by atoms with van der Waals surface area (Å²) in [5, 5.41) is 9.60. The van der Waals surface area contributed by atoms with Gasteiger partial charge in [-0.15, -0.1) is 0 Å².